The number of para-hydroxylation sites is 1. The molecular formula is C21H18N2O2S. The Morgan fingerprint density at radius 1 is 0.923 bits per heavy atom. The van der Waals surface area contributed by atoms with Crippen LogP contribution in [0.4, 0.5) is 0 Å². The quantitative estimate of drug-likeness (QED) is 0.555. The molecule has 4 aromatic rings. The normalized spacial score (nSPS) is 11.2. The number of nitrogens with zero attached hydrogens (tertiary/aromatic N) is 2. The summed E-state index contributed by atoms with van der Waals surface area (Å²) in [5, 5.41) is 0.587. The Balaban J connectivity index is 2.03. The summed E-state index contributed by atoms with van der Waals surface area (Å²) in [5.74, 6) is 0. The molecule has 2 aromatic carbocycles. The fourth-order valence-electron chi connectivity index (χ4n) is 3.21. The number of hydrogen-bond acceptors (Lipinski definition) is 3. The van der Waals surface area contributed by atoms with Gasteiger partial charge in [-0.25, -0.2) is 9.36 Å². The highest BCUT2D eigenvalue weighted by Crippen LogP contribution is 2.22. The van der Waals surface area contributed by atoms with E-state index in [1.54, 1.807) is 16.7 Å². The second kappa shape index (κ2) is 6.42. The fourth-order valence-corrected chi connectivity index (χ4v) is 4.20. The molecule has 0 unspecified atom stereocenters. The Morgan fingerprint density at radius 3 is 2.42 bits per heavy atom. The van der Waals surface area contributed by atoms with Gasteiger partial charge in [-0.2, -0.15) is 0 Å². The maximum atomic E-state index is 13.2. The van der Waals surface area contributed by atoms with Crippen LogP contribution in [0.1, 0.15) is 16.0 Å². The highest BCUT2D eigenvalue weighted by molar-refractivity contribution is 7.18. The molecule has 2 aromatic heterocycles. The molecule has 4 rings (SSSR count). The van der Waals surface area contributed by atoms with Gasteiger partial charge in [0.2, 0.25) is 0 Å². The van der Waals surface area contributed by atoms with Crippen LogP contribution in [-0.2, 0) is 6.54 Å². The molecule has 130 valence electrons. The summed E-state index contributed by atoms with van der Waals surface area (Å²) in [7, 11) is 0. The zero-order valence-electron chi connectivity index (χ0n) is 14.6. The van der Waals surface area contributed by atoms with Gasteiger partial charge in [0.15, 0.2) is 0 Å². The summed E-state index contributed by atoms with van der Waals surface area (Å²) in [6.45, 7) is 4.42. The van der Waals surface area contributed by atoms with Gasteiger partial charge in [0.05, 0.1) is 17.6 Å². The monoisotopic (exact) mass is 362 g/mol. The molecule has 0 saturated carbocycles. The lowest BCUT2D eigenvalue weighted by Crippen LogP contribution is -2.38. The van der Waals surface area contributed by atoms with Gasteiger partial charge in [0.1, 0.15) is 4.83 Å². The first-order valence-electron chi connectivity index (χ1n) is 8.41. The molecule has 0 spiro atoms. The summed E-state index contributed by atoms with van der Waals surface area (Å²) in [4.78, 5) is 28.0. The van der Waals surface area contributed by atoms with Crippen molar-refractivity contribution in [2.75, 3.05) is 0 Å². The molecule has 0 fully saturated rings. The lowest BCUT2D eigenvalue weighted by Gasteiger charge is -2.12. The van der Waals surface area contributed by atoms with Gasteiger partial charge in [-0.05, 0) is 37.6 Å². The van der Waals surface area contributed by atoms with Crippen molar-refractivity contribution in [3.05, 3.63) is 97.5 Å². The van der Waals surface area contributed by atoms with Crippen molar-refractivity contribution >= 4 is 21.6 Å². The summed E-state index contributed by atoms with van der Waals surface area (Å²) >= 11 is 1.48. The summed E-state index contributed by atoms with van der Waals surface area (Å²) < 4.78 is 2.97. The van der Waals surface area contributed by atoms with Crippen molar-refractivity contribution in [3.63, 3.8) is 0 Å². The van der Waals surface area contributed by atoms with Crippen LogP contribution in [0, 0.1) is 13.8 Å². The van der Waals surface area contributed by atoms with Crippen LogP contribution in [0.5, 0.6) is 0 Å². The SMILES string of the molecule is Cc1cccc(Cn2c(=O)n(-c3ccccc3)c(=O)c3cc(C)sc32)c1. The van der Waals surface area contributed by atoms with Gasteiger partial charge in [-0.15, -0.1) is 11.3 Å². The van der Waals surface area contributed by atoms with Crippen LogP contribution >= 0.6 is 11.3 Å². The van der Waals surface area contributed by atoms with Crippen LogP contribution < -0.4 is 11.2 Å². The maximum Gasteiger partial charge on any atom is 0.337 e. The van der Waals surface area contributed by atoms with E-state index >= 15 is 0 Å². The van der Waals surface area contributed by atoms with Gasteiger partial charge in [0, 0.05) is 4.88 Å². The largest absolute Gasteiger partial charge is 0.337 e. The summed E-state index contributed by atoms with van der Waals surface area (Å²) in [6, 6.07) is 19.0. The zero-order chi connectivity index (χ0) is 18.3. The van der Waals surface area contributed by atoms with Crippen molar-refractivity contribution in [2.45, 2.75) is 20.4 Å². The maximum absolute atomic E-state index is 13.2. The number of hydrogen-bond donors (Lipinski definition) is 0. The van der Waals surface area contributed by atoms with E-state index in [4.69, 9.17) is 0 Å². The van der Waals surface area contributed by atoms with Gasteiger partial charge in [-0.1, -0.05) is 48.0 Å². The Kier molecular flexibility index (Phi) is 4.09. The second-order valence-electron chi connectivity index (χ2n) is 6.41. The van der Waals surface area contributed by atoms with E-state index in [0.717, 1.165) is 20.8 Å². The Labute approximate surface area is 154 Å². The molecule has 0 aliphatic carbocycles. The second-order valence-corrected chi connectivity index (χ2v) is 7.64. The molecule has 0 atom stereocenters. The number of fused-ring (bicyclic) bond motifs is 1. The Morgan fingerprint density at radius 2 is 1.69 bits per heavy atom. The third-order valence-electron chi connectivity index (χ3n) is 4.37. The number of benzene rings is 2. The van der Waals surface area contributed by atoms with Gasteiger partial charge in [-0.3, -0.25) is 9.36 Å². The van der Waals surface area contributed by atoms with E-state index in [-0.39, 0.29) is 11.2 Å². The van der Waals surface area contributed by atoms with E-state index in [1.807, 2.05) is 56.3 Å². The molecule has 0 saturated heterocycles. The lowest BCUT2D eigenvalue weighted by molar-refractivity contribution is 0.719. The van der Waals surface area contributed by atoms with Crippen molar-refractivity contribution in [1.29, 1.82) is 0 Å². The number of aromatic nitrogens is 2. The average Bonchev–Trinajstić information content (AvgIpc) is 3.02. The van der Waals surface area contributed by atoms with Crippen molar-refractivity contribution < 1.29 is 0 Å². The summed E-state index contributed by atoms with van der Waals surface area (Å²) in [6.07, 6.45) is 0. The first kappa shape index (κ1) is 16.5. The first-order chi connectivity index (χ1) is 12.5. The van der Waals surface area contributed by atoms with Crippen molar-refractivity contribution in [1.82, 2.24) is 9.13 Å². The van der Waals surface area contributed by atoms with Crippen molar-refractivity contribution in [3.8, 4) is 5.69 Å². The molecule has 0 amide bonds. The molecular weight excluding hydrogens is 344 g/mol. The van der Waals surface area contributed by atoms with E-state index in [0.29, 0.717) is 17.6 Å². The van der Waals surface area contributed by atoms with Crippen LogP contribution in [0.15, 0.2) is 70.3 Å². The number of thiophene rings is 1. The highest BCUT2D eigenvalue weighted by atomic mass is 32.1. The minimum atomic E-state index is -0.308. The zero-order valence-corrected chi connectivity index (χ0v) is 15.4. The van der Waals surface area contributed by atoms with Crippen LogP contribution in [-0.4, -0.2) is 9.13 Å². The lowest BCUT2D eigenvalue weighted by atomic mass is 10.1. The van der Waals surface area contributed by atoms with E-state index in [1.165, 1.54) is 15.9 Å². The Hall–Kier alpha value is -2.92. The van der Waals surface area contributed by atoms with Crippen molar-refractivity contribution in [2.24, 2.45) is 0 Å². The summed E-state index contributed by atoms with van der Waals surface area (Å²) in [5.41, 5.74) is 2.20. The molecule has 5 heteroatoms. The Bertz CT molecular complexity index is 1220. The molecule has 26 heavy (non-hydrogen) atoms. The third-order valence-corrected chi connectivity index (χ3v) is 5.45. The van der Waals surface area contributed by atoms with Crippen LogP contribution in [0.2, 0.25) is 0 Å². The van der Waals surface area contributed by atoms with Crippen LogP contribution in [0.3, 0.4) is 0 Å². The predicted molar refractivity (Wildman–Crippen MR) is 107 cm³/mol. The van der Waals surface area contributed by atoms with E-state index in [2.05, 4.69) is 6.07 Å². The molecule has 0 aliphatic rings. The minimum absolute atomic E-state index is 0.263. The molecule has 2 heterocycles. The van der Waals surface area contributed by atoms with E-state index < -0.39 is 0 Å². The minimum Gasteiger partial charge on any atom is -0.280 e. The molecule has 0 radical (unpaired) electrons. The van der Waals surface area contributed by atoms with Gasteiger partial charge in [0.25, 0.3) is 5.56 Å². The van der Waals surface area contributed by atoms with Gasteiger partial charge >= 0.3 is 5.69 Å². The smallest absolute Gasteiger partial charge is 0.280 e. The fraction of sp³-hybridized carbons (Fsp3) is 0.143. The van der Waals surface area contributed by atoms with Gasteiger partial charge < -0.3 is 0 Å². The van der Waals surface area contributed by atoms with Crippen LogP contribution in [0.25, 0.3) is 15.9 Å². The first-order valence-corrected chi connectivity index (χ1v) is 9.23. The number of rotatable bonds is 3. The number of aryl methyl sites for hydroxylation is 2. The van der Waals surface area contributed by atoms with E-state index in [9.17, 15) is 9.59 Å². The standard InChI is InChI=1S/C21H18N2O2S/c1-14-7-6-8-16(11-14)13-22-20-18(12-15(2)26-20)19(24)23(21(22)25)17-9-4-3-5-10-17/h3-12H,13H2,1-2H3. The highest BCUT2D eigenvalue weighted by Gasteiger charge is 2.16. The average molecular weight is 362 g/mol. The third kappa shape index (κ3) is 2.80. The molecule has 0 N–H and O–H groups in total. The molecule has 4 nitrogen and oxygen atoms in total. The topological polar surface area (TPSA) is 44.0 Å². The predicted octanol–water partition coefficient (Wildman–Crippen LogP) is 3.88. The molecule has 0 bridgehead atoms. The molecule has 0 aliphatic heterocycles.